The van der Waals surface area contributed by atoms with Gasteiger partial charge in [-0.2, -0.15) is 0 Å². The maximum atomic E-state index is 12.6. The number of hydrogen-bond acceptors (Lipinski definition) is 4. The van der Waals surface area contributed by atoms with Crippen LogP contribution in [-0.4, -0.2) is 66.7 Å². The van der Waals surface area contributed by atoms with Gasteiger partial charge in [-0.3, -0.25) is 9.69 Å². The highest BCUT2D eigenvalue weighted by Crippen LogP contribution is 2.30. The lowest BCUT2D eigenvalue weighted by molar-refractivity contribution is -0.136. The Morgan fingerprint density at radius 1 is 1.16 bits per heavy atom. The number of rotatable bonds is 2. The third-order valence-electron chi connectivity index (χ3n) is 4.93. The second-order valence-electron chi connectivity index (χ2n) is 6.21. The quantitative estimate of drug-likeness (QED) is 0.776. The minimum Gasteiger partial charge on any atom is -0.379 e. The van der Waals surface area contributed by atoms with Crippen molar-refractivity contribution in [2.75, 3.05) is 39.4 Å². The number of amides is 1. The molecule has 2 heterocycles. The van der Waals surface area contributed by atoms with E-state index in [2.05, 4.69) is 4.90 Å². The average Bonchev–Trinajstić information content (AvgIpc) is 3.09. The van der Waals surface area contributed by atoms with E-state index in [9.17, 15) is 4.79 Å². The molecular formula is C14H25N3O2. The molecule has 3 aliphatic rings. The Morgan fingerprint density at radius 3 is 2.53 bits per heavy atom. The summed E-state index contributed by atoms with van der Waals surface area (Å²) in [6.45, 7) is 5.38. The summed E-state index contributed by atoms with van der Waals surface area (Å²) in [6.07, 6.45) is 5.02. The minimum atomic E-state index is -0.556. The zero-order chi connectivity index (χ0) is 13.3. The summed E-state index contributed by atoms with van der Waals surface area (Å²) in [7, 11) is 0. The fourth-order valence-electron chi connectivity index (χ4n) is 3.70. The van der Waals surface area contributed by atoms with Gasteiger partial charge in [-0.1, -0.05) is 12.8 Å². The first kappa shape index (κ1) is 13.3. The maximum absolute atomic E-state index is 12.6. The van der Waals surface area contributed by atoms with Crippen LogP contribution in [0.25, 0.3) is 0 Å². The number of ether oxygens (including phenoxy) is 1. The number of likely N-dealkylation sites (tertiary alicyclic amines) is 1. The average molecular weight is 267 g/mol. The molecule has 1 aliphatic carbocycles. The first-order valence-corrected chi connectivity index (χ1v) is 7.59. The van der Waals surface area contributed by atoms with Crippen molar-refractivity contribution < 1.29 is 9.53 Å². The van der Waals surface area contributed by atoms with Gasteiger partial charge in [0.1, 0.15) is 0 Å². The van der Waals surface area contributed by atoms with Crippen molar-refractivity contribution in [2.45, 2.75) is 43.7 Å². The van der Waals surface area contributed by atoms with Crippen LogP contribution in [0.5, 0.6) is 0 Å². The molecule has 3 rings (SSSR count). The van der Waals surface area contributed by atoms with Gasteiger partial charge >= 0.3 is 0 Å². The molecule has 5 nitrogen and oxygen atoms in total. The molecule has 5 heteroatoms. The number of carbonyl (C=O) groups is 1. The van der Waals surface area contributed by atoms with Crippen LogP contribution < -0.4 is 5.73 Å². The lowest BCUT2D eigenvalue weighted by atomic mass is 9.97. The summed E-state index contributed by atoms with van der Waals surface area (Å²) in [6, 6.07) is 0.512. The molecule has 0 spiro atoms. The number of nitrogens with two attached hydrogens (primary N) is 1. The van der Waals surface area contributed by atoms with Crippen LogP contribution in [0.4, 0.5) is 0 Å². The monoisotopic (exact) mass is 267 g/mol. The molecule has 0 radical (unpaired) electrons. The zero-order valence-electron chi connectivity index (χ0n) is 11.6. The number of morpholine rings is 1. The van der Waals surface area contributed by atoms with Crippen molar-refractivity contribution in [1.29, 1.82) is 0 Å². The summed E-state index contributed by atoms with van der Waals surface area (Å²) >= 11 is 0. The topological polar surface area (TPSA) is 58.8 Å². The van der Waals surface area contributed by atoms with Crippen LogP contribution in [-0.2, 0) is 9.53 Å². The SMILES string of the molecule is NC1(C(=O)N2CCC(N3CCOCC3)C2)CCCC1. The van der Waals surface area contributed by atoms with E-state index in [0.29, 0.717) is 6.04 Å². The normalized spacial score (nSPS) is 31.8. The molecule has 1 unspecified atom stereocenters. The molecule has 0 aromatic heterocycles. The Balaban J connectivity index is 1.57. The van der Waals surface area contributed by atoms with Crippen molar-refractivity contribution in [3.8, 4) is 0 Å². The minimum absolute atomic E-state index is 0.195. The van der Waals surface area contributed by atoms with Crippen LogP contribution >= 0.6 is 0 Å². The number of hydrogen-bond donors (Lipinski definition) is 1. The second kappa shape index (κ2) is 5.38. The Bertz CT molecular complexity index is 336. The van der Waals surface area contributed by atoms with Crippen LogP contribution in [0.2, 0.25) is 0 Å². The Kier molecular flexibility index (Phi) is 3.78. The van der Waals surface area contributed by atoms with Crippen LogP contribution in [0, 0.1) is 0 Å². The molecule has 2 saturated heterocycles. The summed E-state index contributed by atoms with van der Waals surface area (Å²) < 4.78 is 5.39. The van der Waals surface area contributed by atoms with E-state index in [-0.39, 0.29) is 5.91 Å². The molecule has 1 saturated carbocycles. The van der Waals surface area contributed by atoms with Crippen LogP contribution in [0.3, 0.4) is 0 Å². The molecule has 0 bridgehead atoms. The van der Waals surface area contributed by atoms with Gasteiger partial charge in [-0.15, -0.1) is 0 Å². The molecule has 3 fully saturated rings. The lowest BCUT2D eigenvalue weighted by Gasteiger charge is -2.33. The van der Waals surface area contributed by atoms with E-state index >= 15 is 0 Å². The lowest BCUT2D eigenvalue weighted by Crippen LogP contribution is -2.54. The van der Waals surface area contributed by atoms with E-state index in [0.717, 1.165) is 71.5 Å². The van der Waals surface area contributed by atoms with Gasteiger partial charge in [0.2, 0.25) is 5.91 Å². The predicted octanol–water partition coefficient (Wildman–Crippen LogP) is 0.191. The highest BCUT2D eigenvalue weighted by molar-refractivity contribution is 5.86. The van der Waals surface area contributed by atoms with Crippen molar-refractivity contribution in [3.63, 3.8) is 0 Å². The largest absolute Gasteiger partial charge is 0.379 e. The molecule has 2 aliphatic heterocycles. The number of carbonyl (C=O) groups excluding carboxylic acids is 1. The Labute approximate surface area is 115 Å². The molecule has 1 atom stereocenters. The Hall–Kier alpha value is -0.650. The zero-order valence-corrected chi connectivity index (χ0v) is 11.6. The molecule has 0 aromatic rings. The highest BCUT2D eigenvalue weighted by Gasteiger charge is 2.42. The van der Waals surface area contributed by atoms with Gasteiger partial charge in [0.15, 0.2) is 0 Å². The molecule has 108 valence electrons. The molecule has 2 N–H and O–H groups in total. The van der Waals surface area contributed by atoms with Crippen LogP contribution in [0.1, 0.15) is 32.1 Å². The van der Waals surface area contributed by atoms with Gasteiger partial charge in [-0.25, -0.2) is 0 Å². The molecular weight excluding hydrogens is 242 g/mol. The smallest absolute Gasteiger partial charge is 0.242 e. The summed E-state index contributed by atoms with van der Waals surface area (Å²) in [5.41, 5.74) is 5.73. The van der Waals surface area contributed by atoms with Gasteiger partial charge < -0.3 is 15.4 Å². The summed E-state index contributed by atoms with van der Waals surface area (Å²) in [4.78, 5) is 17.0. The van der Waals surface area contributed by atoms with Gasteiger partial charge in [-0.05, 0) is 19.3 Å². The van der Waals surface area contributed by atoms with Crippen molar-refractivity contribution in [3.05, 3.63) is 0 Å². The van der Waals surface area contributed by atoms with E-state index in [4.69, 9.17) is 10.5 Å². The van der Waals surface area contributed by atoms with E-state index < -0.39 is 5.54 Å². The van der Waals surface area contributed by atoms with E-state index in [1.54, 1.807) is 0 Å². The predicted molar refractivity (Wildman–Crippen MR) is 72.8 cm³/mol. The summed E-state index contributed by atoms with van der Waals surface area (Å²) in [5, 5.41) is 0. The summed E-state index contributed by atoms with van der Waals surface area (Å²) in [5.74, 6) is 0.195. The van der Waals surface area contributed by atoms with Crippen molar-refractivity contribution >= 4 is 5.91 Å². The fraction of sp³-hybridized carbons (Fsp3) is 0.929. The molecule has 19 heavy (non-hydrogen) atoms. The highest BCUT2D eigenvalue weighted by atomic mass is 16.5. The standard InChI is InChI=1S/C14H25N3O2/c15-14(4-1-2-5-14)13(18)17-6-3-12(11-17)16-7-9-19-10-8-16/h12H,1-11,15H2. The maximum Gasteiger partial charge on any atom is 0.242 e. The van der Waals surface area contributed by atoms with Crippen molar-refractivity contribution in [2.24, 2.45) is 5.73 Å². The third kappa shape index (κ3) is 2.64. The second-order valence-corrected chi connectivity index (χ2v) is 6.21. The van der Waals surface area contributed by atoms with E-state index in [1.165, 1.54) is 0 Å². The molecule has 1 amide bonds. The first-order chi connectivity index (χ1) is 9.19. The van der Waals surface area contributed by atoms with Crippen LogP contribution in [0.15, 0.2) is 0 Å². The van der Waals surface area contributed by atoms with E-state index in [1.807, 2.05) is 4.90 Å². The van der Waals surface area contributed by atoms with Gasteiger partial charge in [0.25, 0.3) is 0 Å². The fourth-order valence-corrected chi connectivity index (χ4v) is 3.70. The number of nitrogens with zero attached hydrogens (tertiary/aromatic N) is 2. The van der Waals surface area contributed by atoms with Gasteiger partial charge in [0.05, 0.1) is 18.8 Å². The van der Waals surface area contributed by atoms with Gasteiger partial charge in [0, 0.05) is 32.2 Å². The first-order valence-electron chi connectivity index (χ1n) is 7.59. The third-order valence-corrected chi connectivity index (χ3v) is 4.93. The molecule has 0 aromatic carbocycles. The Morgan fingerprint density at radius 2 is 1.84 bits per heavy atom. The van der Waals surface area contributed by atoms with Crippen molar-refractivity contribution in [1.82, 2.24) is 9.80 Å².